The lowest BCUT2D eigenvalue weighted by Crippen LogP contribution is -2.55. The SMILES string of the molecule is CC(CN)(NC(=O)C1CCN(S(=O)(=O)c2ccccc2F)CC1)C1CC1. The normalized spacial score (nSPS) is 22.0. The largest absolute Gasteiger partial charge is 0.349 e. The van der Waals surface area contributed by atoms with Crippen LogP contribution in [0.15, 0.2) is 29.2 Å². The van der Waals surface area contributed by atoms with E-state index in [1.807, 2.05) is 6.92 Å². The summed E-state index contributed by atoms with van der Waals surface area (Å²) in [5.41, 5.74) is 5.46. The summed E-state index contributed by atoms with van der Waals surface area (Å²) in [6, 6.07) is 5.37. The monoisotopic (exact) mass is 383 g/mol. The molecule has 3 N–H and O–H groups in total. The number of nitrogens with zero attached hydrogens (tertiary/aromatic N) is 1. The first-order chi connectivity index (χ1) is 12.3. The summed E-state index contributed by atoms with van der Waals surface area (Å²) >= 11 is 0. The van der Waals surface area contributed by atoms with E-state index in [4.69, 9.17) is 5.73 Å². The quantitative estimate of drug-likeness (QED) is 0.778. The predicted molar refractivity (Wildman–Crippen MR) is 96.2 cm³/mol. The Labute approximate surface area is 154 Å². The molecule has 1 saturated heterocycles. The van der Waals surface area contributed by atoms with E-state index in [2.05, 4.69) is 5.32 Å². The lowest BCUT2D eigenvalue weighted by atomic mass is 9.92. The molecule has 1 amide bonds. The lowest BCUT2D eigenvalue weighted by molar-refractivity contribution is -0.128. The summed E-state index contributed by atoms with van der Waals surface area (Å²) in [4.78, 5) is 12.3. The van der Waals surface area contributed by atoms with Crippen molar-refractivity contribution in [2.45, 2.75) is 43.0 Å². The molecule has 1 aromatic carbocycles. The van der Waals surface area contributed by atoms with Crippen LogP contribution in [0.25, 0.3) is 0 Å². The molecule has 0 spiro atoms. The number of carbonyl (C=O) groups is 1. The standard InChI is InChI=1S/C18H26FN3O3S/c1-18(12-20,14-6-7-14)21-17(23)13-8-10-22(11-9-13)26(24,25)16-5-3-2-4-15(16)19/h2-5,13-14H,6-12,20H2,1H3,(H,21,23). The molecule has 26 heavy (non-hydrogen) atoms. The fraction of sp³-hybridized carbons (Fsp3) is 0.611. The smallest absolute Gasteiger partial charge is 0.245 e. The number of benzene rings is 1. The molecule has 0 bridgehead atoms. The molecule has 1 heterocycles. The first-order valence-electron chi connectivity index (χ1n) is 9.05. The van der Waals surface area contributed by atoms with Gasteiger partial charge in [0.05, 0.1) is 5.54 Å². The van der Waals surface area contributed by atoms with Crippen LogP contribution < -0.4 is 11.1 Å². The van der Waals surface area contributed by atoms with Crippen molar-refractivity contribution in [2.75, 3.05) is 19.6 Å². The second-order valence-corrected chi connectivity index (χ2v) is 9.40. The summed E-state index contributed by atoms with van der Waals surface area (Å²) in [5, 5.41) is 3.08. The number of nitrogens with one attached hydrogen (secondary N) is 1. The molecular formula is C18H26FN3O3S. The lowest BCUT2D eigenvalue weighted by Gasteiger charge is -2.35. The fourth-order valence-electron chi connectivity index (χ4n) is 3.58. The van der Waals surface area contributed by atoms with Gasteiger partial charge >= 0.3 is 0 Å². The highest BCUT2D eigenvalue weighted by molar-refractivity contribution is 7.89. The second kappa shape index (κ2) is 7.25. The number of hydrogen-bond acceptors (Lipinski definition) is 4. The summed E-state index contributed by atoms with van der Waals surface area (Å²) in [6.45, 7) is 2.78. The van der Waals surface area contributed by atoms with E-state index in [-0.39, 0.29) is 35.3 Å². The third-order valence-corrected chi connectivity index (χ3v) is 7.52. The highest BCUT2D eigenvalue weighted by atomic mass is 32.2. The van der Waals surface area contributed by atoms with Crippen molar-refractivity contribution in [3.05, 3.63) is 30.1 Å². The van der Waals surface area contributed by atoms with Crippen LogP contribution in [0.1, 0.15) is 32.6 Å². The third-order valence-electron chi connectivity index (χ3n) is 5.59. The first-order valence-corrected chi connectivity index (χ1v) is 10.5. The zero-order valence-electron chi connectivity index (χ0n) is 14.9. The summed E-state index contributed by atoms with van der Waals surface area (Å²) in [6.07, 6.45) is 3.00. The highest BCUT2D eigenvalue weighted by Crippen LogP contribution is 2.39. The Morgan fingerprint density at radius 2 is 1.88 bits per heavy atom. The van der Waals surface area contributed by atoms with E-state index >= 15 is 0 Å². The van der Waals surface area contributed by atoms with Crippen LogP contribution in [-0.2, 0) is 14.8 Å². The van der Waals surface area contributed by atoms with Gasteiger partial charge in [-0.1, -0.05) is 12.1 Å². The second-order valence-electron chi connectivity index (χ2n) is 7.49. The minimum atomic E-state index is -3.88. The van der Waals surface area contributed by atoms with Gasteiger partial charge < -0.3 is 11.1 Å². The van der Waals surface area contributed by atoms with E-state index in [1.54, 1.807) is 0 Å². The van der Waals surface area contributed by atoms with Crippen LogP contribution in [0.4, 0.5) is 4.39 Å². The molecule has 1 unspecified atom stereocenters. The van der Waals surface area contributed by atoms with E-state index in [9.17, 15) is 17.6 Å². The molecule has 0 radical (unpaired) electrons. The van der Waals surface area contributed by atoms with Crippen molar-refractivity contribution in [2.24, 2.45) is 17.6 Å². The molecule has 8 heteroatoms. The molecule has 6 nitrogen and oxygen atoms in total. The number of rotatable bonds is 6. The van der Waals surface area contributed by atoms with Crippen LogP contribution in [0.2, 0.25) is 0 Å². The van der Waals surface area contributed by atoms with E-state index in [0.717, 1.165) is 18.9 Å². The van der Waals surface area contributed by atoms with Crippen LogP contribution in [-0.4, -0.2) is 43.8 Å². The fourth-order valence-corrected chi connectivity index (χ4v) is 5.11. The van der Waals surface area contributed by atoms with Crippen molar-refractivity contribution >= 4 is 15.9 Å². The van der Waals surface area contributed by atoms with Gasteiger partial charge in [-0.3, -0.25) is 4.79 Å². The minimum Gasteiger partial charge on any atom is -0.349 e. The Bertz CT molecular complexity index is 774. The molecule has 3 rings (SSSR count). The maximum absolute atomic E-state index is 13.9. The Morgan fingerprint density at radius 3 is 2.42 bits per heavy atom. The Hall–Kier alpha value is -1.51. The third kappa shape index (κ3) is 3.77. The van der Waals surface area contributed by atoms with Crippen LogP contribution in [0.5, 0.6) is 0 Å². The van der Waals surface area contributed by atoms with Gasteiger partial charge in [0.2, 0.25) is 15.9 Å². The molecule has 1 aromatic rings. The molecule has 1 saturated carbocycles. The van der Waals surface area contributed by atoms with E-state index in [1.165, 1.54) is 22.5 Å². The van der Waals surface area contributed by atoms with Crippen LogP contribution in [0, 0.1) is 17.7 Å². The number of carbonyl (C=O) groups excluding carboxylic acids is 1. The summed E-state index contributed by atoms with van der Waals surface area (Å²) < 4.78 is 40.4. The van der Waals surface area contributed by atoms with Crippen LogP contribution in [0.3, 0.4) is 0 Å². The Balaban J connectivity index is 1.62. The number of piperidine rings is 1. The maximum Gasteiger partial charge on any atom is 0.245 e. The van der Waals surface area contributed by atoms with Gasteiger partial charge in [-0.15, -0.1) is 0 Å². The molecular weight excluding hydrogens is 357 g/mol. The van der Waals surface area contributed by atoms with Crippen molar-refractivity contribution in [3.8, 4) is 0 Å². The zero-order chi connectivity index (χ0) is 18.9. The van der Waals surface area contributed by atoms with Crippen molar-refractivity contribution in [1.82, 2.24) is 9.62 Å². The minimum absolute atomic E-state index is 0.0622. The molecule has 2 aliphatic rings. The number of sulfonamides is 1. The highest BCUT2D eigenvalue weighted by Gasteiger charge is 2.43. The Morgan fingerprint density at radius 1 is 1.27 bits per heavy atom. The van der Waals surface area contributed by atoms with Crippen molar-refractivity contribution in [3.63, 3.8) is 0 Å². The van der Waals surface area contributed by atoms with Gasteiger partial charge in [-0.25, -0.2) is 12.8 Å². The van der Waals surface area contributed by atoms with Gasteiger partial charge in [-0.2, -0.15) is 4.31 Å². The molecule has 0 aromatic heterocycles. The zero-order valence-corrected chi connectivity index (χ0v) is 15.8. The molecule has 1 aliphatic carbocycles. The van der Waals surface area contributed by atoms with Crippen LogP contribution >= 0.6 is 0 Å². The average Bonchev–Trinajstić information content (AvgIpc) is 3.47. The predicted octanol–water partition coefficient (Wildman–Crippen LogP) is 1.47. The van der Waals surface area contributed by atoms with E-state index < -0.39 is 15.8 Å². The number of hydrogen-bond donors (Lipinski definition) is 2. The van der Waals surface area contributed by atoms with Gasteiger partial charge in [0.25, 0.3) is 0 Å². The van der Waals surface area contributed by atoms with Gasteiger partial charge in [0, 0.05) is 25.6 Å². The number of amides is 1. The van der Waals surface area contributed by atoms with Gasteiger partial charge in [0.1, 0.15) is 10.7 Å². The first kappa shape index (κ1) is 19.3. The molecule has 2 fully saturated rings. The topological polar surface area (TPSA) is 92.5 Å². The Kier molecular flexibility index (Phi) is 5.37. The van der Waals surface area contributed by atoms with E-state index in [0.29, 0.717) is 25.3 Å². The summed E-state index contributed by atoms with van der Waals surface area (Å²) in [7, 11) is -3.88. The maximum atomic E-state index is 13.9. The van der Waals surface area contributed by atoms with Gasteiger partial charge in [-0.05, 0) is 50.7 Å². The summed E-state index contributed by atoms with van der Waals surface area (Å²) in [5.74, 6) is -0.632. The molecule has 1 atom stereocenters. The van der Waals surface area contributed by atoms with Gasteiger partial charge in [0.15, 0.2) is 0 Å². The van der Waals surface area contributed by atoms with Crippen molar-refractivity contribution in [1.29, 1.82) is 0 Å². The van der Waals surface area contributed by atoms with Crippen molar-refractivity contribution < 1.29 is 17.6 Å². The molecule has 144 valence electrons. The number of halogens is 1. The number of nitrogens with two attached hydrogens (primary N) is 1. The molecule has 1 aliphatic heterocycles. The average molecular weight is 383 g/mol.